The number of rotatable bonds is 5. The van der Waals surface area contributed by atoms with Crippen molar-refractivity contribution >= 4 is 21.9 Å². The van der Waals surface area contributed by atoms with Crippen LogP contribution in [0, 0.1) is 0 Å². The van der Waals surface area contributed by atoms with Crippen molar-refractivity contribution in [2.75, 3.05) is 11.6 Å². The molecule has 0 aliphatic carbocycles. The molecule has 1 amide bonds. The van der Waals surface area contributed by atoms with E-state index in [1.165, 1.54) is 0 Å². The van der Waals surface area contributed by atoms with E-state index in [9.17, 15) is 18.0 Å². The van der Waals surface area contributed by atoms with Crippen molar-refractivity contribution in [1.82, 2.24) is 5.32 Å². The van der Waals surface area contributed by atoms with Gasteiger partial charge in [-0.3, -0.25) is 0 Å². The van der Waals surface area contributed by atoms with Gasteiger partial charge < -0.3 is 20.9 Å². The molecule has 0 aliphatic heterocycles. The van der Waals surface area contributed by atoms with Crippen LogP contribution in [-0.4, -0.2) is 48.9 Å². The molecule has 9 heteroatoms. The number of nitrogens with one attached hydrogen (secondary N) is 1. The number of aliphatic carboxylic acids is 1. The van der Waals surface area contributed by atoms with Crippen LogP contribution in [0.5, 0.6) is 0 Å². The smallest absolute Gasteiger partial charge is 0.408 e. The number of sulfone groups is 1. The summed E-state index contributed by atoms with van der Waals surface area (Å²) in [6.45, 7) is 4.79. The van der Waals surface area contributed by atoms with Crippen LogP contribution in [-0.2, 0) is 19.4 Å². The Balaban J connectivity index is 4.66. The molecule has 0 aromatic rings. The predicted molar refractivity (Wildman–Crippen MR) is 63.6 cm³/mol. The average molecular weight is 282 g/mol. The summed E-state index contributed by atoms with van der Waals surface area (Å²) in [5, 5.41) is 10.8. The fourth-order valence-corrected chi connectivity index (χ4v) is 1.82. The first-order valence-corrected chi connectivity index (χ1v) is 6.92. The number of carbonyl (C=O) groups excluding carboxylic acids is 1. The molecular weight excluding hydrogens is 264 g/mol. The molecule has 0 radical (unpaired) electrons. The number of amides is 1. The Morgan fingerprint density at radius 3 is 2.22 bits per heavy atom. The van der Waals surface area contributed by atoms with Gasteiger partial charge in [-0.15, -0.1) is 0 Å². The molecule has 0 saturated carbocycles. The molecule has 1 atom stereocenters. The van der Waals surface area contributed by atoms with Gasteiger partial charge in [-0.05, 0) is 20.8 Å². The van der Waals surface area contributed by atoms with Gasteiger partial charge in [-0.25, -0.2) is 18.0 Å². The summed E-state index contributed by atoms with van der Waals surface area (Å²) in [7, 11) is -3.73. The molecule has 0 aromatic carbocycles. The predicted octanol–water partition coefficient (Wildman–Crippen LogP) is -0.705. The van der Waals surface area contributed by atoms with Crippen molar-refractivity contribution in [3.05, 3.63) is 0 Å². The van der Waals surface area contributed by atoms with Gasteiger partial charge in [0.05, 0.1) is 11.6 Å². The summed E-state index contributed by atoms with van der Waals surface area (Å²) in [5.74, 6) is -2.94. The second-order valence-corrected chi connectivity index (χ2v) is 6.77. The van der Waals surface area contributed by atoms with Crippen LogP contribution >= 0.6 is 0 Å². The van der Waals surface area contributed by atoms with E-state index in [1.54, 1.807) is 20.8 Å². The largest absolute Gasteiger partial charge is 0.480 e. The van der Waals surface area contributed by atoms with Crippen LogP contribution in [0.2, 0.25) is 0 Å². The van der Waals surface area contributed by atoms with Gasteiger partial charge in [-0.2, -0.15) is 0 Å². The number of hydrogen-bond acceptors (Lipinski definition) is 6. The molecule has 0 spiro atoms. The maximum Gasteiger partial charge on any atom is 0.408 e. The molecule has 0 rings (SSSR count). The fourth-order valence-electron chi connectivity index (χ4n) is 0.946. The Kier molecular flexibility index (Phi) is 5.55. The Hall–Kier alpha value is -1.35. The van der Waals surface area contributed by atoms with Crippen molar-refractivity contribution in [2.24, 2.45) is 5.73 Å². The van der Waals surface area contributed by atoms with Gasteiger partial charge in [0.25, 0.3) is 0 Å². The topological polar surface area (TPSA) is 136 Å². The lowest BCUT2D eigenvalue weighted by Gasteiger charge is -2.21. The molecule has 0 aliphatic rings. The second kappa shape index (κ2) is 6.01. The second-order valence-electron chi connectivity index (χ2n) is 4.61. The monoisotopic (exact) mass is 282 g/mol. The summed E-state index contributed by atoms with van der Waals surface area (Å²) in [6, 6.07) is -1.59. The molecule has 8 nitrogen and oxygen atoms in total. The highest BCUT2D eigenvalue weighted by molar-refractivity contribution is 7.91. The van der Waals surface area contributed by atoms with Crippen molar-refractivity contribution in [3.8, 4) is 0 Å². The molecule has 106 valence electrons. The van der Waals surface area contributed by atoms with Gasteiger partial charge in [-0.1, -0.05) is 0 Å². The Labute approximate surface area is 105 Å². The van der Waals surface area contributed by atoms with Crippen molar-refractivity contribution < 1.29 is 27.9 Å². The maximum absolute atomic E-state index is 11.3. The lowest BCUT2D eigenvalue weighted by molar-refractivity contribution is -0.138. The molecule has 0 heterocycles. The lowest BCUT2D eigenvalue weighted by Crippen LogP contribution is -2.47. The van der Waals surface area contributed by atoms with Crippen LogP contribution in [0.25, 0.3) is 0 Å². The highest BCUT2D eigenvalue weighted by atomic mass is 32.2. The molecule has 0 fully saturated rings. The van der Waals surface area contributed by atoms with E-state index in [2.05, 4.69) is 0 Å². The third-order valence-corrected chi connectivity index (χ3v) is 3.01. The number of alkyl carbamates (subject to hydrolysis) is 1. The van der Waals surface area contributed by atoms with E-state index < -0.39 is 45.2 Å². The molecule has 0 bridgehead atoms. The molecule has 1 unspecified atom stereocenters. The van der Waals surface area contributed by atoms with E-state index >= 15 is 0 Å². The number of carboxylic acids is 1. The van der Waals surface area contributed by atoms with Crippen LogP contribution in [0.15, 0.2) is 0 Å². The minimum absolute atomic E-state index is 0.688. The summed E-state index contributed by atoms with van der Waals surface area (Å²) >= 11 is 0. The lowest BCUT2D eigenvalue weighted by atomic mass is 10.2. The van der Waals surface area contributed by atoms with Crippen molar-refractivity contribution in [1.29, 1.82) is 0 Å². The van der Waals surface area contributed by atoms with Gasteiger partial charge >= 0.3 is 12.1 Å². The average Bonchev–Trinajstić information content (AvgIpc) is 2.13. The summed E-state index contributed by atoms with van der Waals surface area (Å²) in [6.07, 6.45) is -0.998. The third-order valence-electron chi connectivity index (χ3n) is 1.66. The number of nitrogens with two attached hydrogens (primary N) is 1. The zero-order valence-corrected chi connectivity index (χ0v) is 11.3. The molecule has 0 saturated heterocycles. The van der Waals surface area contributed by atoms with Crippen molar-refractivity contribution in [3.63, 3.8) is 0 Å². The van der Waals surface area contributed by atoms with E-state index in [4.69, 9.17) is 15.6 Å². The number of carbonyl (C=O) groups is 2. The maximum atomic E-state index is 11.3. The van der Waals surface area contributed by atoms with Gasteiger partial charge in [0.2, 0.25) is 0 Å². The molecule has 0 aromatic heterocycles. The Morgan fingerprint density at radius 2 is 1.89 bits per heavy atom. The summed E-state index contributed by atoms with van der Waals surface area (Å²) in [5.41, 5.74) is 4.16. The van der Waals surface area contributed by atoms with E-state index in [0.717, 1.165) is 0 Å². The van der Waals surface area contributed by atoms with Gasteiger partial charge in [0, 0.05) is 0 Å². The third kappa shape index (κ3) is 7.07. The van der Waals surface area contributed by atoms with Gasteiger partial charge in [0.1, 0.15) is 11.6 Å². The van der Waals surface area contributed by atoms with Crippen molar-refractivity contribution in [2.45, 2.75) is 32.4 Å². The Bertz CT molecular complexity index is 411. The Morgan fingerprint density at radius 1 is 1.39 bits per heavy atom. The minimum Gasteiger partial charge on any atom is -0.480 e. The fraction of sp³-hybridized carbons (Fsp3) is 0.778. The normalized spacial score (nSPS) is 13.8. The molecule has 18 heavy (non-hydrogen) atoms. The SMILES string of the molecule is CC(C)(C)OC(=O)NC(CS(=O)(=O)CN)C(=O)O. The van der Waals surface area contributed by atoms with Crippen LogP contribution in [0.3, 0.4) is 0 Å². The van der Waals surface area contributed by atoms with Crippen LogP contribution in [0.4, 0.5) is 4.79 Å². The van der Waals surface area contributed by atoms with Crippen LogP contribution in [0.1, 0.15) is 20.8 Å². The van der Waals surface area contributed by atoms with Crippen LogP contribution < -0.4 is 11.1 Å². The number of hydrogen-bond donors (Lipinski definition) is 3. The molecular formula is C9H18N2O6S. The van der Waals surface area contributed by atoms with Gasteiger partial charge in [0.15, 0.2) is 9.84 Å². The standard InChI is InChI=1S/C9H18N2O6S/c1-9(2,3)17-8(14)11-6(7(12)13)4-18(15,16)5-10/h6H,4-5,10H2,1-3H3,(H,11,14)(H,12,13). The molecule has 4 N–H and O–H groups in total. The quantitative estimate of drug-likeness (QED) is 0.606. The zero-order chi connectivity index (χ0) is 14.6. The number of carboxylic acid groups (broad SMARTS) is 1. The first-order valence-electron chi connectivity index (χ1n) is 5.09. The first kappa shape index (κ1) is 16.6. The van der Waals surface area contributed by atoms with E-state index in [1.807, 2.05) is 5.32 Å². The minimum atomic E-state index is -3.73. The van der Waals surface area contributed by atoms with E-state index in [-0.39, 0.29) is 0 Å². The summed E-state index contributed by atoms with van der Waals surface area (Å²) < 4.78 is 27.2. The summed E-state index contributed by atoms with van der Waals surface area (Å²) in [4.78, 5) is 22.1. The number of ether oxygens (including phenoxy) is 1. The highest BCUT2D eigenvalue weighted by Gasteiger charge is 2.28. The van der Waals surface area contributed by atoms with E-state index in [0.29, 0.717) is 0 Å². The zero-order valence-electron chi connectivity index (χ0n) is 10.5. The highest BCUT2D eigenvalue weighted by Crippen LogP contribution is 2.07. The first-order chi connectivity index (χ1) is 7.97.